The van der Waals surface area contributed by atoms with Crippen LogP contribution in [0.4, 0.5) is 5.69 Å². The molecule has 1 amide bonds. The number of carbonyl (C=O) groups excluding carboxylic acids is 1. The van der Waals surface area contributed by atoms with Crippen LogP contribution >= 0.6 is 75.1 Å². The third kappa shape index (κ3) is 3.45. The minimum Gasteiger partial charge on any atom is -0.320 e. The van der Waals surface area contributed by atoms with E-state index in [1.807, 2.05) is 18.2 Å². The number of nitrogens with one attached hydrogen (secondary N) is 1. The number of carbonyl (C=O) groups is 1. The van der Waals surface area contributed by atoms with Crippen molar-refractivity contribution in [1.82, 2.24) is 0 Å². The fourth-order valence-electron chi connectivity index (χ4n) is 1.23. The van der Waals surface area contributed by atoms with Crippen molar-refractivity contribution in [2.24, 2.45) is 0 Å². The summed E-state index contributed by atoms with van der Waals surface area (Å²) in [5.41, 5.74) is 0.740. The molecule has 0 saturated heterocycles. The highest BCUT2D eigenvalue weighted by atomic mass is 79.9. The molecule has 1 heterocycles. The first-order valence-electron chi connectivity index (χ1n) is 4.68. The molecule has 0 spiro atoms. The van der Waals surface area contributed by atoms with Crippen LogP contribution in [0.25, 0.3) is 0 Å². The van der Waals surface area contributed by atoms with Crippen molar-refractivity contribution < 1.29 is 4.79 Å². The second-order valence-corrected chi connectivity index (χ2v) is 8.31. The minimum atomic E-state index is -0.130. The molecule has 0 aliphatic carbocycles. The topological polar surface area (TPSA) is 29.1 Å². The van der Waals surface area contributed by atoms with Gasteiger partial charge in [0, 0.05) is 13.4 Å². The maximum absolute atomic E-state index is 12.0. The molecule has 2 nitrogen and oxygen atoms in total. The van der Waals surface area contributed by atoms with E-state index in [4.69, 9.17) is 0 Å². The van der Waals surface area contributed by atoms with E-state index in [1.165, 1.54) is 11.3 Å². The molecule has 2 aromatic rings. The Bertz CT molecular complexity index is 592. The van der Waals surface area contributed by atoms with E-state index in [2.05, 4.69) is 69.0 Å². The van der Waals surface area contributed by atoms with E-state index >= 15 is 0 Å². The summed E-state index contributed by atoms with van der Waals surface area (Å²) in [5.74, 6) is -0.130. The predicted octanol–water partition coefficient (Wildman–Crippen LogP) is 6.05. The zero-order valence-electron chi connectivity index (χ0n) is 8.64. The van der Waals surface area contributed by atoms with Gasteiger partial charge in [-0.25, -0.2) is 0 Å². The average molecular weight is 519 g/mol. The summed E-state index contributed by atoms with van der Waals surface area (Å²) in [6, 6.07) is 7.39. The van der Waals surface area contributed by atoms with Gasteiger partial charge in [-0.1, -0.05) is 15.9 Å². The van der Waals surface area contributed by atoms with E-state index in [9.17, 15) is 4.79 Å². The summed E-state index contributed by atoms with van der Waals surface area (Å²) < 4.78 is 3.57. The first kappa shape index (κ1) is 14.7. The SMILES string of the molecule is O=C(Nc1ccc(Br)cc1Br)c1cc(Br)c(Br)s1. The molecule has 0 fully saturated rings. The minimum absolute atomic E-state index is 0.130. The zero-order valence-corrected chi connectivity index (χ0v) is 15.8. The Kier molecular flexibility index (Phi) is 5.05. The molecule has 0 aliphatic heterocycles. The Morgan fingerprint density at radius 2 is 1.78 bits per heavy atom. The lowest BCUT2D eigenvalue weighted by Gasteiger charge is -2.06. The summed E-state index contributed by atoms with van der Waals surface area (Å²) in [4.78, 5) is 12.7. The number of benzene rings is 1. The molecule has 1 N–H and O–H groups in total. The van der Waals surface area contributed by atoms with Gasteiger partial charge in [0.25, 0.3) is 5.91 Å². The van der Waals surface area contributed by atoms with E-state index in [0.717, 1.165) is 22.9 Å². The Morgan fingerprint density at radius 3 is 2.33 bits per heavy atom. The van der Waals surface area contributed by atoms with E-state index in [1.54, 1.807) is 6.07 Å². The van der Waals surface area contributed by atoms with Gasteiger partial charge in [-0.2, -0.15) is 0 Å². The van der Waals surface area contributed by atoms with Gasteiger partial charge in [0.1, 0.15) is 0 Å². The lowest BCUT2D eigenvalue weighted by atomic mass is 10.3. The molecule has 94 valence electrons. The van der Waals surface area contributed by atoms with Crippen molar-refractivity contribution in [3.8, 4) is 0 Å². The van der Waals surface area contributed by atoms with Crippen molar-refractivity contribution in [3.63, 3.8) is 0 Å². The molecule has 2 rings (SSSR count). The Labute approximate surface area is 142 Å². The van der Waals surface area contributed by atoms with Crippen molar-refractivity contribution >= 4 is 86.7 Å². The van der Waals surface area contributed by atoms with Crippen LogP contribution in [-0.2, 0) is 0 Å². The first-order chi connectivity index (χ1) is 8.47. The predicted molar refractivity (Wildman–Crippen MR) is 89.5 cm³/mol. The molecule has 7 heteroatoms. The highest BCUT2D eigenvalue weighted by Crippen LogP contribution is 2.33. The molecule has 0 aliphatic rings. The summed E-state index contributed by atoms with van der Waals surface area (Å²) in [7, 11) is 0. The Balaban J connectivity index is 2.21. The lowest BCUT2D eigenvalue weighted by Crippen LogP contribution is -2.10. The number of hydrogen-bond donors (Lipinski definition) is 1. The largest absolute Gasteiger partial charge is 0.320 e. The molecule has 18 heavy (non-hydrogen) atoms. The summed E-state index contributed by atoms with van der Waals surface area (Å²) >= 11 is 14.9. The molecule has 0 saturated carbocycles. The van der Waals surface area contributed by atoms with E-state index in [-0.39, 0.29) is 5.91 Å². The van der Waals surface area contributed by atoms with Gasteiger partial charge >= 0.3 is 0 Å². The number of thiophene rings is 1. The standard InChI is InChI=1S/C11H5Br4NOS/c12-5-1-2-8(6(13)3-5)16-11(17)9-4-7(14)10(15)18-9/h1-4H,(H,16,17). The normalized spacial score (nSPS) is 10.4. The van der Waals surface area contributed by atoms with Crippen LogP contribution < -0.4 is 5.32 Å². The molecule has 0 unspecified atom stereocenters. The lowest BCUT2D eigenvalue weighted by molar-refractivity contribution is 0.103. The third-order valence-electron chi connectivity index (χ3n) is 2.05. The van der Waals surface area contributed by atoms with Crippen LogP contribution in [0.3, 0.4) is 0 Å². The number of halogens is 4. The summed E-state index contributed by atoms with van der Waals surface area (Å²) in [6.45, 7) is 0. The zero-order chi connectivity index (χ0) is 13.3. The quantitative estimate of drug-likeness (QED) is 0.515. The summed E-state index contributed by atoms with van der Waals surface area (Å²) in [5, 5.41) is 2.86. The van der Waals surface area contributed by atoms with Crippen molar-refractivity contribution in [3.05, 3.63) is 46.3 Å². The van der Waals surface area contributed by atoms with Gasteiger partial charge in [0.05, 0.1) is 14.4 Å². The molecule has 1 aromatic heterocycles. The fraction of sp³-hybridized carbons (Fsp3) is 0. The first-order valence-corrected chi connectivity index (χ1v) is 8.67. The third-order valence-corrected chi connectivity index (χ3v) is 6.45. The smallest absolute Gasteiger partial charge is 0.265 e. The van der Waals surface area contributed by atoms with Crippen molar-refractivity contribution in [2.75, 3.05) is 5.32 Å². The van der Waals surface area contributed by atoms with Crippen LogP contribution in [0.15, 0.2) is 41.5 Å². The van der Waals surface area contributed by atoms with Crippen LogP contribution in [0.1, 0.15) is 9.67 Å². The van der Waals surface area contributed by atoms with Crippen molar-refractivity contribution in [1.29, 1.82) is 0 Å². The molecule has 0 radical (unpaired) electrons. The number of anilines is 1. The number of amides is 1. The fourth-order valence-corrected chi connectivity index (χ4v) is 4.31. The average Bonchev–Trinajstić information content (AvgIpc) is 2.63. The van der Waals surface area contributed by atoms with Crippen LogP contribution in [0, 0.1) is 0 Å². The van der Waals surface area contributed by atoms with E-state index in [0.29, 0.717) is 4.88 Å². The Hall–Kier alpha value is 0.310. The molecular formula is C11H5Br4NOS. The molecule has 1 aromatic carbocycles. The van der Waals surface area contributed by atoms with Crippen LogP contribution in [0.5, 0.6) is 0 Å². The molecule has 0 atom stereocenters. The maximum atomic E-state index is 12.0. The highest BCUT2D eigenvalue weighted by Gasteiger charge is 2.13. The Morgan fingerprint density at radius 1 is 1.06 bits per heavy atom. The van der Waals surface area contributed by atoms with Crippen LogP contribution in [0.2, 0.25) is 0 Å². The van der Waals surface area contributed by atoms with Gasteiger partial charge in [-0.15, -0.1) is 11.3 Å². The van der Waals surface area contributed by atoms with Crippen LogP contribution in [-0.4, -0.2) is 5.91 Å². The molecular weight excluding hydrogens is 514 g/mol. The van der Waals surface area contributed by atoms with Gasteiger partial charge in [0.15, 0.2) is 0 Å². The van der Waals surface area contributed by atoms with Gasteiger partial charge < -0.3 is 5.32 Å². The number of rotatable bonds is 2. The van der Waals surface area contributed by atoms with Gasteiger partial charge in [0.2, 0.25) is 0 Å². The van der Waals surface area contributed by atoms with E-state index < -0.39 is 0 Å². The highest BCUT2D eigenvalue weighted by molar-refractivity contribution is 9.13. The monoisotopic (exact) mass is 515 g/mol. The second-order valence-electron chi connectivity index (χ2n) is 3.31. The maximum Gasteiger partial charge on any atom is 0.265 e. The second kappa shape index (κ2) is 6.17. The summed E-state index contributed by atoms with van der Waals surface area (Å²) in [6.07, 6.45) is 0. The van der Waals surface area contributed by atoms with Gasteiger partial charge in [-0.3, -0.25) is 4.79 Å². The molecule has 0 bridgehead atoms. The van der Waals surface area contributed by atoms with Gasteiger partial charge in [-0.05, 0) is 72.1 Å². The van der Waals surface area contributed by atoms with Crippen molar-refractivity contribution in [2.45, 2.75) is 0 Å². The number of hydrogen-bond acceptors (Lipinski definition) is 2.